The number of allylic oxidation sites excluding steroid dienone is 2. The van der Waals surface area contributed by atoms with E-state index >= 15 is 0 Å². The molecule has 0 aromatic heterocycles. The van der Waals surface area contributed by atoms with E-state index in [1.54, 1.807) is 0 Å². The maximum Gasteiger partial charge on any atom is 0.230 e. The van der Waals surface area contributed by atoms with Crippen molar-refractivity contribution in [3.63, 3.8) is 0 Å². The Morgan fingerprint density at radius 2 is 1.64 bits per heavy atom. The molecule has 0 fully saturated rings. The minimum Gasteiger partial charge on any atom is -0.378 e. The van der Waals surface area contributed by atoms with E-state index in [1.165, 1.54) is 18.7 Å². The number of imide groups is 1. The SMILES string of the molecule is CC/C=C(/N(C(C)=O)C(C)=O)[C@@](C)(CC)C(C)C(C)OCC. The Morgan fingerprint density at radius 1 is 1.14 bits per heavy atom. The van der Waals surface area contributed by atoms with Crippen LogP contribution in [0.3, 0.4) is 0 Å². The average molecular weight is 311 g/mol. The van der Waals surface area contributed by atoms with Crippen LogP contribution in [0.15, 0.2) is 11.8 Å². The van der Waals surface area contributed by atoms with Crippen LogP contribution in [0.2, 0.25) is 0 Å². The van der Waals surface area contributed by atoms with Gasteiger partial charge in [-0.2, -0.15) is 0 Å². The van der Waals surface area contributed by atoms with Crippen LogP contribution in [-0.4, -0.2) is 29.4 Å². The van der Waals surface area contributed by atoms with Gasteiger partial charge in [0.05, 0.1) is 6.10 Å². The number of amides is 2. The summed E-state index contributed by atoms with van der Waals surface area (Å²) in [6, 6.07) is 0. The Balaban J connectivity index is 5.91. The summed E-state index contributed by atoms with van der Waals surface area (Å²) in [7, 11) is 0. The van der Waals surface area contributed by atoms with Crippen molar-refractivity contribution in [1.29, 1.82) is 0 Å². The summed E-state index contributed by atoms with van der Waals surface area (Å²) in [5.41, 5.74) is 0.499. The van der Waals surface area contributed by atoms with E-state index in [9.17, 15) is 9.59 Å². The van der Waals surface area contributed by atoms with E-state index in [0.29, 0.717) is 6.61 Å². The summed E-state index contributed by atoms with van der Waals surface area (Å²) in [5.74, 6) is -0.289. The molecule has 2 amide bonds. The number of carbonyl (C=O) groups excluding carboxylic acids is 2. The molecule has 0 saturated heterocycles. The molecule has 0 aliphatic rings. The Hall–Kier alpha value is -1.16. The fraction of sp³-hybridized carbons (Fsp3) is 0.778. The molecule has 0 aromatic carbocycles. The second-order valence-electron chi connectivity index (χ2n) is 6.09. The van der Waals surface area contributed by atoms with Crippen LogP contribution in [0.5, 0.6) is 0 Å². The van der Waals surface area contributed by atoms with Crippen molar-refractivity contribution in [1.82, 2.24) is 4.90 Å². The van der Waals surface area contributed by atoms with Gasteiger partial charge in [0.2, 0.25) is 11.8 Å². The first kappa shape index (κ1) is 20.8. The summed E-state index contributed by atoms with van der Waals surface area (Å²) in [6.45, 7) is 15.9. The van der Waals surface area contributed by atoms with Crippen LogP contribution >= 0.6 is 0 Å². The molecule has 0 radical (unpaired) electrons. The molecule has 0 N–H and O–H groups in total. The van der Waals surface area contributed by atoms with Gasteiger partial charge in [-0.05, 0) is 32.6 Å². The van der Waals surface area contributed by atoms with Crippen molar-refractivity contribution in [3.05, 3.63) is 11.8 Å². The van der Waals surface area contributed by atoms with Gasteiger partial charge in [0, 0.05) is 31.6 Å². The Bertz CT molecular complexity index is 403. The molecule has 4 heteroatoms. The molecule has 0 saturated carbocycles. The molecular weight excluding hydrogens is 278 g/mol. The second-order valence-corrected chi connectivity index (χ2v) is 6.09. The largest absolute Gasteiger partial charge is 0.378 e. The van der Waals surface area contributed by atoms with Gasteiger partial charge in [-0.1, -0.05) is 33.8 Å². The zero-order chi connectivity index (χ0) is 17.5. The van der Waals surface area contributed by atoms with Gasteiger partial charge < -0.3 is 4.74 Å². The lowest BCUT2D eigenvalue weighted by molar-refractivity contribution is -0.141. The maximum absolute atomic E-state index is 12.0. The third-order valence-electron chi connectivity index (χ3n) is 4.73. The van der Waals surface area contributed by atoms with Crippen molar-refractivity contribution in [2.75, 3.05) is 6.61 Å². The van der Waals surface area contributed by atoms with E-state index in [-0.39, 0.29) is 29.3 Å². The van der Waals surface area contributed by atoms with E-state index in [4.69, 9.17) is 4.74 Å². The predicted molar refractivity (Wildman–Crippen MR) is 90.2 cm³/mol. The van der Waals surface area contributed by atoms with Crippen molar-refractivity contribution in [2.45, 2.75) is 74.3 Å². The quantitative estimate of drug-likeness (QED) is 0.676. The number of hydrogen-bond acceptors (Lipinski definition) is 3. The van der Waals surface area contributed by atoms with Crippen LogP contribution < -0.4 is 0 Å². The summed E-state index contributed by atoms with van der Waals surface area (Å²) in [4.78, 5) is 25.4. The Morgan fingerprint density at radius 3 is 1.95 bits per heavy atom. The average Bonchev–Trinajstić information content (AvgIpc) is 2.44. The van der Waals surface area contributed by atoms with Gasteiger partial charge in [-0.25, -0.2) is 0 Å². The van der Waals surface area contributed by atoms with Crippen molar-refractivity contribution in [3.8, 4) is 0 Å². The summed E-state index contributed by atoms with van der Waals surface area (Å²) in [5, 5.41) is 0. The number of ether oxygens (including phenoxy) is 1. The fourth-order valence-corrected chi connectivity index (χ4v) is 3.00. The molecular formula is C18H33NO3. The van der Waals surface area contributed by atoms with Gasteiger partial charge in [-0.3, -0.25) is 14.5 Å². The van der Waals surface area contributed by atoms with Crippen molar-refractivity contribution in [2.24, 2.45) is 11.3 Å². The molecule has 0 heterocycles. The minimum absolute atomic E-state index is 0.0518. The molecule has 0 aromatic rings. The monoisotopic (exact) mass is 311 g/mol. The number of hydrogen-bond donors (Lipinski definition) is 0. The van der Waals surface area contributed by atoms with Gasteiger partial charge in [0.15, 0.2) is 0 Å². The number of nitrogens with zero attached hydrogens (tertiary/aromatic N) is 1. The Kier molecular flexibility index (Phi) is 8.61. The Labute approximate surface area is 135 Å². The van der Waals surface area contributed by atoms with Crippen LogP contribution in [0, 0.1) is 11.3 Å². The molecule has 22 heavy (non-hydrogen) atoms. The zero-order valence-electron chi connectivity index (χ0n) is 15.5. The molecule has 128 valence electrons. The standard InChI is InChI=1S/C18H33NO3/c1-9-12-17(19(15(6)20)16(7)21)18(8,10-2)13(4)14(5)22-11-3/h12-14H,9-11H2,1-8H3/b17-12+/t13?,14?,18-/m0/s1. The molecule has 3 atom stereocenters. The van der Waals surface area contributed by atoms with Gasteiger partial charge >= 0.3 is 0 Å². The first-order chi connectivity index (χ1) is 10.2. The van der Waals surface area contributed by atoms with Crippen LogP contribution in [0.4, 0.5) is 0 Å². The topological polar surface area (TPSA) is 46.6 Å². The summed E-state index contributed by atoms with van der Waals surface area (Å²) >= 11 is 0. The number of carbonyl (C=O) groups is 2. The third-order valence-corrected chi connectivity index (χ3v) is 4.73. The van der Waals surface area contributed by atoms with Crippen LogP contribution in [0.1, 0.15) is 68.2 Å². The van der Waals surface area contributed by atoms with E-state index in [0.717, 1.165) is 18.5 Å². The first-order valence-corrected chi connectivity index (χ1v) is 8.30. The van der Waals surface area contributed by atoms with Crippen LogP contribution in [-0.2, 0) is 14.3 Å². The summed E-state index contributed by atoms with van der Waals surface area (Å²) in [6.07, 6.45) is 3.66. The molecule has 0 bridgehead atoms. The number of rotatable bonds is 8. The highest BCUT2D eigenvalue weighted by Crippen LogP contribution is 2.43. The highest BCUT2D eigenvalue weighted by atomic mass is 16.5. The molecule has 0 aliphatic heterocycles. The lowest BCUT2D eigenvalue weighted by Gasteiger charge is -2.43. The third kappa shape index (κ3) is 4.67. The van der Waals surface area contributed by atoms with E-state index < -0.39 is 0 Å². The van der Waals surface area contributed by atoms with Gasteiger partial charge in [0.25, 0.3) is 0 Å². The van der Waals surface area contributed by atoms with E-state index in [2.05, 4.69) is 27.7 Å². The normalized spacial score (nSPS) is 17.5. The van der Waals surface area contributed by atoms with Gasteiger partial charge in [-0.15, -0.1) is 0 Å². The molecule has 0 rings (SSSR count). The highest BCUT2D eigenvalue weighted by molar-refractivity contribution is 5.95. The van der Waals surface area contributed by atoms with Gasteiger partial charge in [0.1, 0.15) is 0 Å². The lowest BCUT2D eigenvalue weighted by Crippen LogP contribution is -2.45. The molecule has 0 spiro atoms. The zero-order valence-corrected chi connectivity index (χ0v) is 15.5. The van der Waals surface area contributed by atoms with Crippen molar-refractivity contribution >= 4 is 11.8 Å². The van der Waals surface area contributed by atoms with Crippen molar-refractivity contribution < 1.29 is 14.3 Å². The molecule has 4 nitrogen and oxygen atoms in total. The molecule has 0 aliphatic carbocycles. The minimum atomic E-state index is -0.304. The van der Waals surface area contributed by atoms with Crippen LogP contribution in [0.25, 0.3) is 0 Å². The first-order valence-electron chi connectivity index (χ1n) is 8.30. The maximum atomic E-state index is 12.0. The smallest absolute Gasteiger partial charge is 0.230 e. The summed E-state index contributed by atoms with van der Waals surface area (Å²) < 4.78 is 5.77. The molecule has 2 unspecified atom stereocenters. The fourth-order valence-electron chi connectivity index (χ4n) is 3.00. The lowest BCUT2D eigenvalue weighted by atomic mass is 9.70. The predicted octanol–water partition coefficient (Wildman–Crippen LogP) is 4.15. The highest BCUT2D eigenvalue weighted by Gasteiger charge is 2.41. The van der Waals surface area contributed by atoms with E-state index in [1.807, 2.05) is 19.9 Å². The second kappa shape index (κ2) is 9.09.